The van der Waals surface area contributed by atoms with Gasteiger partial charge in [-0.3, -0.25) is 4.79 Å². The summed E-state index contributed by atoms with van der Waals surface area (Å²) in [5.74, 6) is 0.606. The third-order valence-corrected chi connectivity index (χ3v) is 3.26. The Bertz CT molecular complexity index is 614. The highest BCUT2D eigenvalue weighted by atomic mass is 35.5. The molecule has 0 aliphatic carbocycles. The molecule has 2 aromatic carbocycles. The fraction of sp³-hybridized carbons (Fsp3) is 0.235. The molecule has 0 fully saturated rings. The van der Waals surface area contributed by atoms with Crippen molar-refractivity contribution in [1.29, 1.82) is 0 Å². The Morgan fingerprint density at radius 1 is 1.18 bits per heavy atom. The van der Waals surface area contributed by atoms with Gasteiger partial charge in [-0.15, -0.1) is 0 Å². The van der Waals surface area contributed by atoms with Crippen molar-refractivity contribution < 1.29 is 14.6 Å². The lowest BCUT2D eigenvalue weighted by atomic mass is 10.1. The molecular formula is C17H18ClNO3. The van der Waals surface area contributed by atoms with E-state index < -0.39 is 0 Å². The number of hydrogen-bond donors (Lipinski definition) is 2. The van der Waals surface area contributed by atoms with Crippen molar-refractivity contribution in [2.45, 2.75) is 12.8 Å². The summed E-state index contributed by atoms with van der Waals surface area (Å²) in [5, 5.41) is 12.2. The van der Waals surface area contributed by atoms with Crippen LogP contribution in [-0.2, 0) is 11.2 Å². The highest BCUT2D eigenvalue weighted by molar-refractivity contribution is 6.30. The van der Waals surface area contributed by atoms with Crippen molar-refractivity contribution >= 4 is 23.2 Å². The van der Waals surface area contributed by atoms with Crippen molar-refractivity contribution in [3.05, 3.63) is 59.1 Å². The Kier molecular flexibility index (Phi) is 6.25. The van der Waals surface area contributed by atoms with E-state index in [4.69, 9.17) is 21.4 Å². The summed E-state index contributed by atoms with van der Waals surface area (Å²) in [5.41, 5.74) is 1.75. The lowest BCUT2D eigenvalue weighted by molar-refractivity contribution is -0.116. The van der Waals surface area contributed by atoms with Crippen LogP contribution in [0, 0.1) is 0 Å². The maximum atomic E-state index is 11.9. The maximum Gasteiger partial charge on any atom is 0.224 e. The average Bonchev–Trinajstić information content (AvgIpc) is 2.52. The van der Waals surface area contributed by atoms with Crippen LogP contribution in [0.5, 0.6) is 5.75 Å². The Labute approximate surface area is 134 Å². The Morgan fingerprint density at radius 2 is 1.95 bits per heavy atom. The number of aliphatic hydroxyl groups is 1. The van der Waals surface area contributed by atoms with E-state index in [1.165, 1.54) is 0 Å². The first-order chi connectivity index (χ1) is 10.7. The predicted molar refractivity (Wildman–Crippen MR) is 87.4 cm³/mol. The number of carbonyl (C=O) groups is 1. The molecule has 2 aromatic rings. The number of ether oxygens (including phenoxy) is 1. The van der Waals surface area contributed by atoms with Crippen molar-refractivity contribution in [1.82, 2.24) is 0 Å². The minimum Gasteiger partial charge on any atom is -0.491 e. The quantitative estimate of drug-likeness (QED) is 0.823. The van der Waals surface area contributed by atoms with Crippen molar-refractivity contribution in [2.75, 3.05) is 18.5 Å². The summed E-state index contributed by atoms with van der Waals surface area (Å²) in [7, 11) is 0. The van der Waals surface area contributed by atoms with Crippen LogP contribution < -0.4 is 10.1 Å². The van der Waals surface area contributed by atoms with E-state index in [-0.39, 0.29) is 19.1 Å². The molecule has 5 heteroatoms. The van der Waals surface area contributed by atoms with Crippen molar-refractivity contribution in [3.8, 4) is 5.75 Å². The minimum atomic E-state index is -0.0518. The first kappa shape index (κ1) is 16.3. The molecule has 0 bridgehead atoms. The van der Waals surface area contributed by atoms with Gasteiger partial charge in [0.05, 0.1) is 6.61 Å². The largest absolute Gasteiger partial charge is 0.491 e. The van der Waals surface area contributed by atoms with Crippen LogP contribution in [0.1, 0.15) is 12.0 Å². The number of rotatable bonds is 7. The number of anilines is 1. The maximum absolute atomic E-state index is 11.9. The summed E-state index contributed by atoms with van der Waals surface area (Å²) < 4.78 is 5.26. The Morgan fingerprint density at radius 3 is 2.64 bits per heavy atom. The average molecular weight is 320 g/mol. The first-order valence-electron chi connectivity index (χ1n) is 7.05. The Hall–Kier alpha value is -2.04. The smallest absolute Gasteiger partial charge is 0.224 e. The second kappa shape index (κ2) is 8.41. The number of carbonyl (C=O) groups excluding carboxylic acids is 1. The van der Waals surface area contributed by atoms with Gasteiger partial charge in [-0.1, -0.05) is 23.7 Å². The van der Waals surface area contributed by atoms with E-state index in [2.05, 4.69) is 5.32 Å². The zero-order valence-corrected chi connectivity index (χ0v) is 12.8. The van der Waals surface area contributed by atoms with E-state index >= 15 is 0 Å². The van der Waals surface area contributed by atoms with Gasteiger partial charge in [-0.25, -0.2) is 0 Å². The van der Waals surface area contributed by atoms with Gasteiger partial charge in [0.1, 0.15) is 12.4 Å². The summed E-state index contributed by atoms with van der Waals surface area (Å²) >= 11 is 5.91. The van der Waals surface area contributed by atoms with Gasteiger partial charge in [0.25, 0.3) is 0 Å². The number of nitrogens with one attached hydrogen (secondary N) is 1. The number of aliphatic hydroxyl groups excluding tert-OH is 1. The fourth-order valence-electron chi connectivity index (χ4n) is 1.97. The lowest BCUT2D eigenvalue weighted by Gasteiger charge is -2.08. The fourth-order valence-corrected chi connectivity index (χ4v) is 2.18. The number of halogens is 1. The highest BCUT2D eigenvalue weighted by Crippen LogP contribution is 2.16. The molecule has 0 aromatic heterocycles. The topological polar surface area (TPSA) is 58.6 Å². The molecule has 2 N–H and O–H groups in total. The molecule has 0 heterocycles. The van der Waals surface area contributed by atoms with Crippen LogP contribution >= 0.6 is 11.6 Å². The SMILES string of the molecule is O=C(CCc1cccc(Cl)c1)Nc1ccc(OCCO)cc1. The second-order valence-corrected chi connectivity index (χ2v) is 5.21. The van der Waals surface area contributed by atoms with Gasteiger partial charge in [0, 0.05) is 17.1 Å². The zero-order chi connectivity index (χ0) is 15.8. The molecule has 0 unspecified atom stereocenters. The molecule has 0 spiro atoms. The molecule has 0 saturated heterocycles. The molecule has 2 rings (SSSR count). The van der Waals surface area contributed by atoms with Gasteiger partial charge in [-0.05, 0) is 48.4 Å². The third kappa shape index (κ3) is 5.39. The standard InChI is InChI=1S/C17H18ClNO3/c18-14-3-1-2-13(12-14)4-9-17(21)19-15-5-7-16(8-6-15)22-11-10-20/h1-3,5-8,12,20H,4,9-11H2,(H,19,21). The van der Waals surface area contributed by atoms with Crippen molar-refractivity contribution in [2.24, 2.45) is 0 Å². The molecule has 4 nitrogen and oxygen atoms in total. The predicted octanol–water partition coefficient (Wildman–Crippen LogP) is 3.28. The van der Waals surface area contributed by atoms with Crippen LogP contribution in [0.25, 0.3) is 0 Å². The lowest BCUT2D eigenvalue weighted by Crippen LogP contribution is -2.12. The molecular weight excluding hydrogens is 302 g/mol. The van der Waals surface area contributed by atoms with Gasteiger partial charge in [0.15, 0.2) is 0 Å². The van der Waals surface area contributed by atoms with E-state index in [1.54, 1.807) is 24.3 Å². The van der Waals surface area contributed by atoms with Crippen LogP contribution in [0.3, 0.4) is 0 Å². The first-order valence-corrected chi connectivity index (χ1v) is 7.43. The van der Waals surface area contributed by atoms with Gasteiger partial charge >= 0.3 is 0 Å². The number of benzene rings is 2. The number of amides is 1. The van der Waals surface area contributed by atoms with Crippen LogP contribution in [-0.4, -0.2) is 24.2 Å². The van der Waals surface area contributed by atoms with E-state index in [9.17, 15) is 4.79 Å². The molecule has 22 heavy (non-hydrogen) atoms. The van der Waals surface area contributed by atoms with Gasteiger partial charge < -0.3 is 15.2 Å². The van der Waals surface area contributed by atoms with E-state index in [0.29, 0.717) is 29.3 Å². The van der Waals surface area contributed by atoms with Gasteiger partial charge in [0.2, 0.25) is 5.91 Å². The molecule has 0 aliphatic rings. The van der Waals surface area contributed by atoms with Crippen molar-refractivity contribution in [3.63, 3.8) is 0 Å². The van der Waals surface area contributed by atoms with Gasteiger partial charge in [-0.2, -0.15) is 0 Å². The van der Waals surface area contributed by atoms with E-state index in [0.717, 1.165) is 5.56 Å². The highest BCUT2D eigenvalue weighted by Gasteiger charge is 2.04. The van der Waals surface area contributed by atoms with Crippen LogP contribution in [0.15, 0.2) is 48.5 Å². The Balaban J connectivity index is 1.81. The summed E-state index contributed by atoms with van der Waals surface area (Å²) in [6.07, 6.45) is 1.03. The zero-order valence-electron chi connectivity index (χ0n) is 12.1. The number of hydrogen-bond acceptors (Lipinski definition) is 3. The molecule has 0 atom stereocenters. The summed E-state index contributed by atoms with van der Waals surface area (Å²) in [6, 6.07) is 14.5. The van der Waals surface area contributed by atoms with Crippen LogP contribution in [0.4, 0.5) is 5.69 Å². The molecule has 0 radical (unpaired) electrons. The number of aryl methyl sites for hydroxylation is 1. The van der Waals surface area contributed by atoms with Crippen LogP contribution in [0.2, 0.25) is 5.02 Å². The van der Waals surface area contributed by atoms with E-state index in [1.807, 2.05) is 24.3 Å². The summed E-state index contributed by atoms with van der Waals surface area (Å²) in [4.78, 5) is 11.9. The monoisotopic (exact) mass is 319 g/mol. The molecule has 116 valence electrons. The molecule has 0 aliphatic heterocycles. The summed E-state index contributed by atoms with van der Waals surface area (Å²) in [6.45, 7) is 0.229. The second-order valence-electron chi connectivity index (χ2n) is 4.77. The molecule has 0 saturated carbocycles. The third-order valence-electron chi connectivity index (χ3n) is 3.03. The minimum absolute atomic E-state index is 0.0258. The normalized spacial score (nSPS) is 10.3. The molecule has 1 amide bonds.